The SMILES string of the molecule is COC(=O)c1cc(OC)c(OC(F)F)cc1NC(=O)CCC(=O)c1cc(C)ccc1C. The second-order valence-corrected chi connectivity index (χ2v) is 6.71. The molecule has 0 saturated carbocycles. The van der Waals surface area contributed by atoms with E-state index in [1.165, 1.54) is 7.11 Å². The van der Waals surface area contributed by atoms with Gasteiger partial charge in [-0.1, -0.05) is 17.7 Å². The van der Waals surface area contributed by atoms with E-state index in [1.807, 2.05) is 19.1 Å². The van der Waals surface area contributed by atoms with Crippen LogP contribution in [-0.2, 0) is 9.53 Å². The van der Waals surface area contributed by atoms with E-state index in [1.54, 1.807) is 13.0 Å². The average Bonchev–Trinajstić information content (AvgIpc) is 2.73. The molecule has 0 spiro atoms. The molecule has 7 nitrogen and oxygen atoms in total. The number of halogens is 2. The summed E-state index contributed by atoms with van der Waals surface area (Å²) in [5, 5.41) is 2.45. The van der Waals surface area contributed by atoms with E-state index < -0.39 is 18.5 Å². The van der Waals surface area contributed by atoms with Gasteiger partial charge in [-0.05, 0) is 25.5 Å². The third-order valence-electron chi connectivity index (χ3n) is 4.47. The van der Waals surface area contributed by atoms with Gasteiger partial charge in [0.1, 0.15) is 0 Å². The normalized spacial score (nSPS) is 10.5. The second-order valence-electron chi connectivity index (χ2n) is 6.71. The molecule has 0 aliphatic rings. The van der Waals surface area contributed by atoms with E-state index in [9.17, 15) is 23.2 Å². The molecule has 0 saturated heterocycles. The maximum Gasteiger partial charge on any atom is 0.387 e. The van der Waals surface area contributed by atoms with Crippen LogP contribution in [0.1, 0.15) is 44.7 Å². The van der Waals surface area contributed by atoms with Crippen LogP contribution in [-0.4, -0.2) is 38.5 Å². The highest BCUT2D eigenvalue weighted by Crippen LogP contribution is 2.35. The molecule has 0 aliphatic heterocycles. The van der Waals surface area contributed by atoms with Gasteiger partial charge in [-0.2, -0.15) is 8.78 Å². The lowest BCUT2D eigenvalue weighted by atomic mass is 9.99. The topological polar surface area (TPSA) is 90.9 Å². The summed E-state index contributed by atoms with van der Waals surface area (Å²) >= 11 is 0. The van der Waals surface area contributed by atoms with Crippen molar-refractivity contribution in [3.8, 4) is 11.5 Å². The van der Waals surface area contributed by atoms with Crippen LogP contribution < -0.4 is 14.8 Å². The number of aryl methyl sites for hydroxylation is 2. The molecule has 0 unspecified atom stereocenters. The fraction of sp³-hybridized carbons (Fsp3) is 0.318. The number of methoxy groups -OCH3 is 2. The predicted octanol–water partition coefficient (Wildman–Crippen LogP) is 4.30. The van der Waals surface area contributed by atoms with Crippen LogP contribution in [0.25, 0.3) is 0 Å². The Hall–Kier alpha value is -3.49. The van der Waals surface area contributed by atoms with Crippen molar-refractivity contribution in [3.63, 3.8) is 0 Å². The van der Waals surface area contributed by atoms with E-state index in [0.29, 0.717) is 5.56 Å². The fourth-order valence-corrected chi connectivity index (χ4v) is 2.90. The first-order valence-corrected chi connectivity index (χ1v) is 9.31. The molecular formula is C22H23F2NO6. The first-order valence-electron chi connectivity index (χ1n) is 9.31. The van der Waals surface area contributed by atoms with Crippen LogP contribution in [0, 0.1) is 13.8 Å². The molecule has 2 aromatic rings. The van der Waals surface area contributed by atoms with Crippen molar-refractivity contribution in [1.29, 1.82) is 0 Å². The minimum atomic E-state index is -3.14. The number of esters is 1. The van der Waals surface area contributed by atoms with Gasteiger partial charge in [0.2, 0.25) is 5.91 Å². The zero-order valence-electron chi connectivity index (χ0n) is 17.6. The summed E-state index contributed by atoms with van der Waals surface area (Å²) in [7, 11) is 2.35. The lowest BCUT2D eigenvalue weighted by molar-refractivity contribution is -0.116. The molecule has 0 radical (unpaired) electrons. The summed E-state index contributed by atoms with van der Waals surface area (Å²) < 4.78 is 39.4. The molecule has 0 atom stereocenters. The Balaban J connectivity index is 2.21. The van der Waals surface area contributed by atoms with Crippen molar-refractivity contribution in [1.82, 2.24) is 0 Å². The Kier molecular flexibility index (Phi) is 8.07. The van der Waals surface area contributed by atoms with Gasteiger partial charge in [-0.25, -0.2) is 4.79 Å². The lowest BCUT2D eigenvalue weighted by Gasteiger charge is -2.15. The quantitative estimate of drug-likeness (QED) is 0.467. The van der Waals surface area contributed by atoms with Crippen LogP contribution in [0.5, 0.6) is 11.5 Å². The third-order valence-corrected chi connectivity index (χ3v) is 4.47. The van der Waals surface area contributed by atoms with Crippen molar-refractivity contribution in [2.24, 2.45) is 0 Å². The molecule has 1 amide bonds. The van der Waals surface area contributed by atoms with Gasteiger partial charge in [-0.3, -0.25) is 9.59 Å². The first-order chi connectivity index (χ1) is 14.7. The predicted molar refractivity (Wildman–Crippen MR) is 109 cm³/mol. The van der Waals surface area contributed by atoms with Gasteiger partial charge >= 0.3 is 12.6 Å². The van der Waals surface area contributed by atoms with Crippen LogP contribution in [0.4, 0.5) is 14.5 Å². The smallest absolute Gasteiger partial charge is 0.387 e. The van der Waals surface area contributed by atoms with Crippen molar-refractivity contribution in [2.45, 2.75) is 33.3 Å². The molecule has 0 aliphatic carbocycles. The second kappa shape index (κ2) is 10.5. The summed E-state index contributed by atoms with van der Waals surface area (Å²) in [6, 6.07) is 7.63. The Morgan fingerprint density at radius 1 is 0.968 bits per heavy atom. The number of amides is 1. The minimum Gasteiger partial charge on any atom is -0.493 e. The maximum absolute atomic E-state index is 12.7. The number of nitrogens with one attached hydrogen (secondary N) is 1. The zero-order chi connectivity index (χ0) is 23.1. The highest BCUT2D eigenvalue weighted by Gasteiger charge is 2.21. The Bertz CT molecular complexity index is 990. The molecular weight excluding hydrogens is 412 g/mol. The molecule has 2 rings (SSSR count). The van der Waals surface area contributed by atoms with Crippen LogP contribution in [0.15, 0.2) is 30.3 Å². The summed E-state index contributed by atoms with van der Waals surface area (Å²) in [5.74, 6) is -2.11. The van der Waals surface area contributed by atoms with E-state index in [0.717, 1.165) is 30.4 Å². The minimum absolute atomic E-state index is 0.0692. The number of ketones is 1. The highest BCUT2D eigenvalue weighted by atomic mass is 19.3. The third kappa shape index (κ3) is 6.24. The van der Waals surface area contributed by atoms with Crippen molar-refractivity contribution in [3.05, 3.63) is 52.6 Å². The van der Waals surface area contributed by atoms with Gasteiger partial charge in [0, 0.05) is 30.5 Å². The molecule has 9 heteroatoms. The molecule has 0 aromatic heterocycles. The molecule has 166 valence electrons. The number of benzene rings is 2. The van der Waals surface area contributed by atoms with E-state index >= 15 is 0 Å². The molecule has 0 heterocycles. The van der Waals surface area contributed by atoms with Gasteiger partial charge in [-0.15, -0.1) is 0 Å². The number of rotatable bonds is 9. The Morgan fingerprint density at radius 3 is 2.29 bits per heavy atom. The van der Waals surface area contributed by atoms with E-state index in [2.05, 4.69) is 14.8 Å². The molecule has 0 fully saturated rings. The number of ether oxygens (including phenoxy) is 3. The number of carbonyl (C=O) groups excluding carboxylic acids is 3. The summed E-state index contributed by atoms with van der Waals surface area (Å²) in [5.41, 5.74) is 2.03. The molecule has 1 N–H and O–H groups in total. The molecule has 31 heavy (non-hydrogen) atoms. The highest BCUT2D eigenvalue weighted by molar-refractivity contribution is 6.04. The van der Waals surface area contributed by atoms with Crippen molar-refractivity contribution >= 4 is 23.3 Å². The summed E-state index contributed by atoms with van der Waals surface area (Å²) in [4.78, 5) is 37.0. The van der Waals surface area contributed by atoms with Crippen LogP contribution in [0.3, 0.4) is 0 Å². The van der Waals surface area contributed by atoms with Gasteiger partial charge in [0.05, 0.1) is 25.5 Å². The monoisotopic (exact) mass is 435 g/mol. The Morgan fingerprint density at radius 2 is 1.68 bits per heavy atom. The summed E-state index contributed by atoms with van der Waals surface area (Å²) in [6.45, 7) is 0.522. The Labute approximate surface area is 178 Å². The standard InChI is InChI=1S/C22H23F2NO6/c1-12-5-6-13(2)14(9-12)17(26)7-8-20(27)25-16-11-19(31-22(23)24)18(29-3)10-15(16)21(28)30-4/h5-6,9-11,22H,7-8H2,1-4H3,(H,25,27). The summed E-state index contributed by atoms with van der Waals surface area (Å²) in [6.07, 6.45) is -0.246. The largest absolute Gasteiger partial charge is 0.493 e. The van der Waals surface area contributed by atoms with Gasteiger partial charge in [0.15, 0.2) is 17.3 Å². The fourth-order valence-electron chi connectivity index (χ4n) is 2.90. The maximum atomic E-state index is 12.7. The number of alkyl halides is 2. The molecule has 2 aromatic carbocycles. The number of carbonyl (C=O) groups is 3. The van der Waals surface area contributed by atoms with Crippen molar-refractivity contribution < 1.29 is 37.4 Å². The number of hydrogen-bond acceptors (Lipinski definition) is 6. The van der Waals surface area contributed by atoms with Crippen LogP contribution in [0.2, 0.25) is 0 Å². The van der Waals surface area contributed by atoms with Gasteiger partial charge < -0.3 is 19.5 Å². The first kappa shape index (κ1) is 23.8. The van der Waals surface area contributed by atoms with Gasteiger partial charge in [0.25, 0.3) is 0 Å². The van der Waals surface area contributed by atoms with E-state index in [-0.39, 0.29) is 41.4 Å². The number of Topliss-reactive ketones (excluding diaryl/α,β-unsaturated/α-hetero) is 1. The van der Waals surface area contributed by atoms with Crippen molar-refractivity contribution in [2.75, 3.05) is 19.5 Å². The lowest BCUT2D eigenvalue weighted by Crippen LogP contribution is -2.17. The number of anilines is 1. The van der Waals surface area contributed by atoms with Crippen LogP contribution >= 0.6 is 0 Å². The zero-order valence-corrected chi connectivity index (χ0v) is 17.6. The number of hydrogen-bond donors (Lipinski definition) is 1. The average molecular weight is 435 g/mol. The molecule has 0 bridgehead atoms. The van der Waals surface area contributed by atoms with E-state index in [4.69, 9.17) is 4.74 Å².